The highest BCUT2D eigenvalue weighted by molar-refractivity contribution is 5.57. The minimum Gasteiger partial charge on any atom is -0.462 e. The van der Waals surface area contributed by atoms with Crippen LogP contribution in [0.2, 0.25) is 0 Å². The number of fused-ring (bicyclic) bond motifs is 1. The Morgan fingerprint density at radius 2 is 1.97 bits per heavy atom. The SMILES string of the molecule is [C-]#[N+]C[C@@H]1CCCC(c2nc(OC[C@@H]3CCCN3C)nc3c2CCN(c2cccc(F)c2C(F)(F)F)C3)C1. The Kier molecular flexibility index (Phi) is 7.75. The summed E-state index contributed by atoms with van der Waals surface area (Å²) < 4.78 is 61.7. The second-order valence-electron chi connectivity index (χ2n) is 10.8. The molecule has 1 aromatic heterocycles. The van der Waals surface area contributed by atoms with Gasteiger partial charge in [-0.25, -0.2) is 11.0 Å². The molecule has 6 nitrogen and oxygen atoms in total. The van der Waals surface area contributed by atoms with Gasteiger partial charge in [-0.1, -0.05) is 12.5 Å². The predicted octanol–water partition coefficient (Wildman–Crippen LogP) is 5.86. The van der Waals surface area contributed by atoms with Crippen molar-refractivity contribution < 1.29 is 22.3 Å². The van der Waals surface area contributed by atoms with Gasteiger partial charge in [0.15, 0.2) is 0 Å². The van der Waals surface area contributed by atoms with E-state index in [0.29, 0.717) is 37.7 Å². The van der Waals surface area contributed by atoms with Crippen molar-refractivity contribution in [2.24, 2.45) is 5.92 Å². The second-order valence-corrected chi connectivity index (χ2v) is 10.8. The lowest BCUT2D eigenvalue weighted by atomic mass is 9.78. The number of ether oxygens (including phenoxy) is 1. The summed E-state index contributed by atoms with van der Waals surface area (Å²) in [6.45, 7) is 9.68. The standard InChI is InChI=1S/C28H33F4N5O/c1-33-15-18-6-3-7-19(14-18)26-21-11-13-37(24-10-4-9-22(29)25(24)28(30,31)32)16-23(21)34-27(35-26)38-17-20-8-5-12-36(20)2/h4,9-10,18-20H,3,5-8,11-17H2,2H3/t18-,19?,20+/m1/s1. The maximum atomic E-state index is 14.3. The van der Waals surface area contributed by atoms with E-state index in [2.05, 4.69) is 21.8 Å². The van der Waals surface area contributed by atoms with Crippen molar-refractivity contribution in [2.75, 3.05) is 38.2 Å². The van der Waals surface area contributed by atoms with Gasteiger partial charge >= 0.3 is 12.2 Å². The fraction of sp³-hybridized carbons (Fsp3) is 0.607. The first-order chi connectivity index (χ1) is 18.2. The van der Waals surface area contributed by atoms with Crippen molar-refractivity contribution in [3.63, 3.8) is 0 Å². The lowest BCUT2D eigenvalue weighted by Gasteiger charge is -2.35. The van der Waals surface area contributed by atoms with Crippen LogP contribution in [0.3, 0.4) is 0 Å². The topological polar surface area (TPSA) is 45.9 Å². The molecule has 204 valence electrons. The van der Waals surface area contributed by atoms with E-state index < -0.39 is 17.6 Å². The zero-order valence-electron chi connectivity index (χ0n) is 21.6. The van der Waals surface area contributed by atoms with Crippen LogP contribution in [0.25, 0.3) is 4.85 Å². The van der Waals surface area contributed by atoms with Gasteiger partial charge in [0.25, 0.3) is 0 Å². The van der Waals surface area contributed by atoms with Crippen LogP contribution in [0.15, 0.2) is 18.2 Å². The molecule has 1 saturated carbocycles. The molecule has 3 aliphatic rings. The van der Waals surface area contributed by atoms with E-state index in [4.69, 9.17) is 16.3 Å². The summed E-state index contributed by atoms with van der Waals surface area (Å²) in [5, 5.41) is 0. The van der Waals surface area contributed by atoms with Crippen LogP contribution in [0.1, 0.15) is 67.0 Å². The molecule has 2 fully saturated rings. The molecule has 5 rings (SSSR count). The molecule has 1 aromatic carbocycles. The molecular weight excluding hydrogens is 498 g/mol. The van der Waals surface area contributed by atoms with Crippen LogP contribution in [0, 0.1) is 18.3 Å². The third-order valence-corrected chi connectivity index (χ3v) is 8.29. The fourth-order valence-electron chi connectivity index (χ4n) is 6.30. The number of hydrogen-bond donors (Lipinski definition) is 0. The third-order valence-electron chi connectivity index (χ3n) is 8.29. The Hall–Kier alpha value is -2.93. The average molecular weight is 532 g/mol. The molecule has 0 spiro atoms. The lowest BCUT2D eigenvalue weighted by Crippen LogP contribution is -2.35. The van der Waals surface area contributed by atoms with Gasteiger partial charge in [0.05, 0.1) is 23.6 Å². The molecule has 0 amide bonds. The van der Waals surface area contributed by atoms with Gasteiger partial charge in [-0.15, -0.1) is 0 Å². The molecule has 0 bridgehead atoms. The quantitative estimate of drug-likeness (QED) is 0.345. The number of likely N-dealkylation sites (N-methyl/N-ethyl adjacent to an activating group) is 1. The molecule has 2 aromatic rings. The molecule has 0 radical (unpaired) electrons. The zero-order chi connectivity index (χ0) is 26.9. The Morgan fingerprint density at radius 1 is 1.13 bits per heavy atom. The number of hydrogen-bond acceptors (Lipinski definition) is 5. The molecule has 3 heterocycles. The monoisotopic (exact) mass is 531 g/mol. The number of alkyl halides is 3. The van der Waals surface area contributed by atoms with E-state index in [9.17, 15) is 17.6 Å². The molecule has 3 atom stereocenters. The summed E-state index contributed by atoms with van der Waals surface area (Å²) in [5.41, 5.74) is 1.10. The normalized spacial score (nSPS) is 24.2. The zero-order valence-corrected chi connectivity index (χ0v) is 21.6. The molecular formula is C28H33F4N5O. The van der Waals surface area contributed by atoms with Gasteiger partial charge in [-0.2, -0.15) is 23.1 Å². The number of rotatable bonds is 6. The van der Waals surface area contributed by atoms with Crippen LogP contribution < -0.4 is 9.64 Å². The highest BCUT2D eigenvalue weighted by atomic mass is 19.4. The van der Waals surface area contributed by atoms with Crippen LogP contribution in [0.5, 0.6) is 6.01 Å². The van der Waals surface area contributed by atoms with Crippen LogP contribution in [-0.2, 0) is 19.1 Å². The Morgan fingerprint density at radius 3 is 2.71 bits per heavy atom. The minimum absolute atomic E-state index is 0.120. The first-order valence-corrected chi connectivity index (χ1v) is 13.4. The van der Waals surface area contributed by atoms with E-state index in [1.165, 1.54) is 12.1 Å². The van der Waals surface area contributed by atoms with E-state index in [-0.39, 0.29) is 30.2 Å². The van der Waals surface area contributed by atoms with Gasteiger partial charge in [-0.05, 0) is 69.8 Å². The Bertz CT molecular complexity index is 1200. The van der Waals surface area contributed by atoms with E-state index in [1.807, 2.05) is 0 Å². The molecule has 1 saturated heterocycles. The molecule has 10 heteroatoms. The van der Waals surface area contributed by atoms with Gasteiger partial charge in [0.2, 0.25) is 6.54 Å². The highest BCUT2D eigenvalue weighted by Crippen LogP contribution is 2.42. The summed E-state index contributed by atoms with van der Waals surface area (Å²) in [7, 11) is 2.06. The van der Waals surface area contributed by atoms with E-state index in [1.54, 1.807) is 4.90 Å². The fourth-order valence-corrected chi connectivity index (χ4v) is 6.30. The molecule has 2 aliphatic heterocycles. The lowest BCUT2D eigenvalue weighted by molar-refractivity contribution is -0.139. The van der Waals surface area contributed by atoms with E-state index in [0.717, 1.165) is 62.4 Å². The van der Waals surface area contributed by atoms with Gasteiger partial charge in [0.1, 0.15) is 18.0 Å². The summed E-state index contributed by atoms with van der Waals surface area (Å²) >= 11 is 0. The van der Waals surface area contributed by atoms with Crippen molar-refractivity contribution in [3.8, 4) is 6.01 Å². The first kappa shape index (κ1) is 26.7. The van der Waals surface area contributed by atoms with Gasteiger partial charge in [-0.3, -0.25) is 0 Å². The summed E-state index contributed by atoms with van der Waals surface area (Å²) in [5.74, 6) is -0.799. The third kappa shape index (κ3) is 5.58. The van der Waals surface area contributed by atoms with Crippen LogP contribution >= 0.6 is 0 Å². The maximum Gasteiger partial charge on any atom is 0.421 e. The number of anilines is 1. The van der Waals surface area contributed by atoms with E-state index >= 15 is 0 Å². The number of halogens is 4. The first-order valence-electron chi connectivity index (χ1n) is 13.4. The van der Waals surface area contributed by atoms with Crippen molar-refractivity contribution in [1.82, 2.24) is 14.9 Å². The number of aromatic nitrogens is 2. The van der Waals surface area contributed by atoms with Crippen molar-refractivity contribution in [2.45, 2.75) is 69.6 Å². The number of nitrogens with zero attached hydrogens (tertiary/aromatic N) is 5. The maximum absolute atomic E-state index is 14.3. The van der Waals surface area contributed by atoms with Crippen molar-refractivity contribution in [1.29, 1.82) is 0 Å². The van der Waals surface area contributed by atoms with Gasteiger partial charge in [0, 0.05) is 24.4 Å². The second kappa shape index (κ2) is 11.0. The summed E-state index contributed by atoms with van der Waals surface area (Å²) in [6, 6.07) is 4.01. The molecule has 1 unspecified atom stereocenters. The minimum atomic E-state index is -4.81. The smallest absolute Gasteiger partial charge is 0.421 e. The van der Waals surface area contributed by atoms with Crippen LogP contribution in [0.4, 0.5) is 23.2 Å². The Balaban J connectivity index is 1.47. The van der Waals surface area contributed by atoms with Crippen LogP contribution in [-0.4, -0.2) is 54.2 Å². The summed E-state index contributed by atoms with van der Waals surface area (Å²) in [6.07, 6.45) is 1.65. The summed E-state index contributed by atoms with van der Waals surface area (Å²) in [4.78, 5) is 17.0. The molecule has 38 heavy (non-hydrogen) atoms. The highest BCUT2D eigenvalue weighted by Gasteiger charge is 2.39. The average Bonchev–Trinajstić information content (AvgIpc) is 3.30. The van der Waals surface area contributed by atoms with Crippen molar-refractivity contribution in [3.05, 3.63) is 57.9 Å². The Labute approximate surface area is 220 Å². The van der Waals surface area contributed by atoms with Crippen molar-refractivity contribution >= 4 is 5.69 Å². The number of likely N-dealkylation sites (tertiary alicyclic amines) is 1. The largest absolute Gasteiger partial charge is 0.462 e. The molecule has 0 N–H and O–H groups in total. The molecule has 1 aliphatic carbocycles. The predicted molar refractivity (Wildman–Crippen MR) is 136 cm³/mol. The van der Waals surface area contributed by atoms with Gasteiger partial charge < -0.3 is 19.4 Å². The number of benzene rings is 1.